The maximum Gasteiger partial charge on any atom is 0.319 e. The highest BCUT2D eigenvalue weighted by Gasteiger charge is 2.30. The van der Waals surface area contributed by atoms with Gasteiger partial charge < -0.3 is 10.6 Å². The summed E-state index contributed by atoms with van der Waals surface area (Å²) in [6.45, 7) is 13.5. The number of hydrogen-bond acceptors (Lipinski definition) is 5. The molecule has 1 aromatic heterocycles. The molecule has 2 aromatic rings. The number of aromatic nitrogens is 4. The van der Waals surface area contributed by atoms with Crippen molar-refractivity contribution in [2.75, 3.05) is 25.0 Å². The van der Waals surface area contributed by atoms with Gasteiger partial charge in [0.05, 0.1) is 11.7 Å². The second-order valence-corrected chi connectivity index (χ2v) is 8.69. The Balaban J connectivity index is 1.62. The van der Waals surface area contributed by atoms with Crippen LogP contribution in [0, 0.1) is 5.92 Å². The molecule has 0 saturated carbocycles. The van der Waals surface area contributed by atoms with E-state index in [2.05, 4.69) is 51.8 Å². The molecule has 152 valence electrons. The number of carbonyl (C=O) groups excluding carboxylic acids is 1. The van der Waals surface area contributed by atoms with Crippen LogP contribution in [-0.2, 0) is 0 Å². The van der Waals surface area contributed by atoms with Gasteiger partial charge in [-0.1, -0.05) is 12.1 Å². The highest BCUT2D eigenvalue weighted by atomic mass is 16.2. The number of nitrogens with zero attached hydrogens (tertiary/aromatic N) is 5. The zero-order chi connectivity index (χ0) is 20.3. The van der Waals surface area contributed by atoms with E-state index in [1.807, 2.05) is 38.1 Å². The van der Waals surface area contributed by atoms with Crippen molar-refractivity contribution in [1.29, 1.82) is 0 Å². The van der Waals surface area contributed by atoms with Crippen molar-refractivity contribution in [2.45, 2.75) is 52.6 Å². The number of likely N-dealkylation sites (tertiary alicyclic amines) is 1. The Hall–Kier alpha value is -2.48. The summed E-state index contributed by atoms with van der Waals surface area (Å²) < 4.78 is 1.75. The quantitative estimate of drug-likeness (QED) is 0.825. The van der Waals surface area contributed by atoms with Crippen LogP contribution in [0.5, 0.6) is 0 Å². The summed E-state index contributed by atoms with van der Waals surface area (Å²) >= 11 is 0. The molecule has 0 spiro atoms. The minimum Gasteiger partial charge on any atom is -0.338 e. The number of amides is 2. The van der Waals surface area contributed by atoms with Crippen LogP contribution >= 0.6 is 0 Å². The molecule has 8 heteroatoms. The van der Waals surface area contributed by atoms with E-state index in [9.17, 15) is 4.79 Å². The highest BCUT2D eigenvalue weighted by Crippen LogP contribution is 2.27. The minimum atomic E-state index is -0.203. The summed E-state index contributed by atoms with van der Waals surface area (Å²) in [4.78, 5) is 15.0. The van der Waals surface area contributed by atoms with Crippen molar-refractivity contribution < 1.29 is 4.79 Å². The third-order valence-electron chi connectivity index (χ3n) is 5.18. The summed E-state index contributed by atoms with van der Waals surface area (Å²) in [6, 6.07) is 7.51. The largest absolute Gasteiger partial charge is 0.338 e. The first-order valence-corrected chi connectivity index (χ1v) is 9.93. The molecule has 0 aliphatic carbocycles. The summed E-state index contributed by atoms with van der Waals surface area (Å²) in [5.41, 5.74) is 1.67. The van der Waals surface area contributed by atoms with Gasteiger partial charge in [-0.15, -0.1) is 5.10 Å². The smallest absolute Gasteiger partial charge is 0.319 e. The summed E-state index contributed by atoms with van der Waals surface area (Å²) in [6.07, 6.45) is 1.11. The molecule has 1 aliphatic heterocycles. The van der Waals surface area contributed by atoms with Crippen LogP contribution in [0.3, 0.4) is 0 Å². The van der Waals surface area contributed by atoms with Crippen molar-refractivity contribution in [3.05, 3.63) is 24.3 Å². The highest BCUT2D eigenvalue weighted by molar-refractivity contribution is 5.93. The van der Waals surface area contributed by atoms with E-state index in [0.717, 1.165) is 25.1 Å². The zero-order valence-electron chi connectivity index (χ0n) is 17.4. The standard InChI is InChI=1S/C20H31N7O/c1-14(2)27-18(23-24-25-27)16-8-6-7-9-17(16)22-19(28)21-12-15-10-11-26(13-15)20(3,4)5/h6-9,14-15H,10-13H2,1-5H3,(H2,21,22,28). The van der Waals surface area contributed by atoms with Crippen molar-refractivity contribution >= 4 is 11.7 Å². The number of carbonyl (C=O) groups is 1. The number of benzene rings is 1. The molecule has 2 amide bonds. The molecule has 1 fully saturated rings. The zero-order valence-corrected chi connectivity index (χ0v) is 17.4. The van der Waals surface area contributed by atoms with E-state index in [1.165, 1.54) is 0 Å². The maximum absolute atomic E-state index is 12.5. The molecule has 0 radical (unpaired) electrons. The van der Waals surface area contributed by atoms with Crippen LogP contribution in [0.1, 0.15) is 47.1 Å². The Bertz CT molecular complexity index is 809. The van der Waals surface area contributed by atoms with Crippen molar-refractivity contribution in [2.24, 2.45) is 5.92 Å². The molecule has 1 aliphatic rings. The first-order valence-electron chi connectivity index (χ1n) is 9.93. The SMILES string of the molecule is CC(C)n1nnnc1-c1ccccc1NC(=O)NCC1CCN(C(C)(C)C)C1. The van der Waals surface area contributed by atoms with E-state index in [1.54, 1.807) is 4.68 Å². The number of anilines is 1. The van der Waals surface area contributed by atoms with E-state index in [4.69, 9.17) is 0 Å². The van der Waals surface area contributed by atoms with Gasteiger partial charge >= 0.3 is 6.03 Å². The number of tetrazole rings is 1. The van der Waals surface area contributed by atoms with Crippen molar-refractivity contribution in [3.8, 4) is 11.4 Å². The van der Waals surface area contributed by atoms with Gasteiger partial charge in [0.2, 0.25) is 0 Å². The lowest BCUT2D eigenvalue weighted by Crippen LogP contribution is -2.40. The van der Waals surface area contributed by atoms with Crippen LogP contribution in [0.4, 0.5) is 10.5 Å². The third-order valence-corrected chi connectivity index (χ3v) is 5.18. The molecule has 1 saturated heterocycles. The molecular weight excluding hydrogens is 354 g/mol. The van der Waals surface area contributed by atoms with E-state index in [0.29, 0.717) is 24.0 Å². The van der Waals surface area contributed by atoms with Crippen LogP contribution in [0.15, 0.2) is 24.3 Å². The lowest BCUT2D eigenvalue weighted by atomic mass is 10.1. The Morgan fingerprint density at radius 2 is 2.04 bits per heavy atom. The van der Waals surface area contributed by atoms with Crippen molar-refractivity contribution in [1.82, 2.24) is 30.4 Å². The molecular formula is C20H31N7O. The van der Waals surface area contributed by atoms with E-state index < -0.39 is 0 Å². The Morgan fingerprint density at radius 3 is 2.71 bits per heavy atom. The first kappa shape index (κ1) is 20.3. The van der Waals surface area contributed by atoms with Crippen LogP contribution < -0.4 is 10.6 Å². The number of urea groups is 1. The molecule has 2 heterocycles. The molecule has 1 unspecified atom stereocenters. The Kier molecular flexibility index (Phi) is 5.98. The number of para-hydroxylation sites is 1. The predicted octanol–water partition coefficient (Wildman–Crippen LogP) is 3.16. The summed E-state index contributed by atoms with van der Waals surface area (Å²) in [5.74, 6) is 1.12. The lowest BCUT2D eigenvalue weighted by Gasteiger charge is -2.31. The molecule has 1 atom stereocenters. The minimum absolute atomic E-state index is 0.125. The topological polar surface area (TPSA) is 88.0 Å². The van der Waals surface area contributed by atoms with Gasteiger partial charge in [-0.2, -0.15) is 0 Å². The lowest BCUT2D eigenvalue weighted by molar-refractivity contribution is 0.168. The second kappa shape index (κ2) is 8.26. The number of rotatable bonds is 5. The first-order chi connectivity index (χ1) is 13.3. The van der Waals surface area contributed by atoms with Gasteiger partial charge in [0, 0.05) is 24.2 Å². The molecule has 3 rings (SSSR count). The van der Waals surface area contributed by atoms with Gasteiger partial charge in [0.1, 0.15) is 0 Å². The summed E-state index contributed by atoms with van der Waals surface area (Å²) in [5, 5.41) is 18.0. The molecule has 28 heavy (non-hydrogen) atoms. The monoisotopic (exact) mass is 385 g/mol. The average Bonchev–Trinajstić information content (AvgIpc) is 3.29. The molecule has 1 aromatic carbocycles. The second-order valence-electron chi connectivity index (χ2n) is 8.69. The van der Waals surface area contributed by atoms with Crippen LogP contribution in [0.25, 0.3) is 11.4 Å². The molecule has 2 N–H and O–H groups in total. The average molecular weight is 386 g/mol. The summed E-state index contributed by atoms with van der Waals surface area (Å²) in [7, 11) is 0. The fourth-order valence-electron chi connectivity index (χ4n) is 3.52. The predicted molar refractivity (Wildman–Crippen MR) is 110 cm³/mol. The van der Waals surface area contributed by atoms with Gasteiger partial charge in [0.15, 0.2) is 5.82 Å². The van der Waals surface area contributed by atoms with E-state index >= 15 is 0 Å². The number of nitrogens with one attached hydrogen (secondary N) is 2. The fraction of sp³-hybridized carbons (Fsp3) is 0.600. The van der Waals surface area contributed by atoms with Gasteiger partial charge in [-0.25, -0.2) is 9.48 Å². The van der Waals surface area contributed by atoms with Crippen molar-refractivity contribution in [3.63, 3.8) is 0 Å². The molecule has 0 bridgehead atoms. The maximum atomic E-state index is 12.5. The van der Waals surface area contributed by atoms with Gasteiger partial charge in [-0.05, 0) is 76.1 Å². The normalized spacial score (nSPS) is 17.9. The molecule has 8 nitrogen and oxygen atoms in total. The third kappa shape index (κ3) is 4.67. The van der Waals surface area contributed by atoms with Crippen LogP contribution in [-0.4, -0.2) is 56.3 Å². The van der Waals surface area contributed by atoms with Gasteiger partial charge in [0.25, 0.3) is 0 Å². The van der Waals surface area contributed by atoms with E-state index in [-0.39, 0.29) is 17.6 Å². The van der Waals surface area contributed by atoms with Crippen LogP contribution in [0.2, 0.25) is 0 Å². The fourth-order valence-corrected chi connectivity index (χ4v) is 3.52. The number of hydrogen-bond donors (Lipinski definition) is 2. The Morgan fingerprint density at radius 1 is 1.29 bits per heavy atom. The Labute approximate surface area is 166 Å². The van der Waals surface area contributed by atoms with Gasteiger partial charge in [-0.3, -0.25) is 4.90 Å².